The number of benzene rings is 1. The van der Waals surface area contributed by atoms with Crippen LogP contribution in [0.1, 0.15) is 13.8 Å². The molecule has 0 saturated carbocycles. The summed E-state index contributed by atoms with van der Waals surface area (Å²) in [4.78, 5) is 39.7. The van der Waals surface area contributed by atoms with Gasteiger partial charge in [0.15, 0.2) is 0 Å². The summed E-state index contributed by atoms with van der Waals surface area (Å²) in [6.45, 7) is 3.29. The number of fused-ring (bicyclic) bond motifs is 1. The summed E-state index contributed by atoms with van der Waals surface area (Å²) < 4.78 is 1.17. The molecule has 2 amide bonds. The van der Waals surface area contributed by atoms with Crippen LogP contribution >= 0.6 is 11.6 Å². The smallest absolute Gasteiger partial charge is 0.261 e. The van der Waals surface area contributed by atoms with Crippen molar-refractivity contribution in [3.05, 3.63) is 39.9 Å². The lowest BCUT2D eigenvalue weighted by molar-refractivity contribution is -0.126. The van der Waals surface area contributed by atoms with Gasteiger partial charge >= 0.3 is 0 Å². The Labute approximate surface area is 137 Å². The maximum Gasteiger partial charge on any atom is 0.261 e. The second kappa shape index (κ2) is 7.23. The highest BCUT2D eigenvalue weighted by molar-refractivity contribution is 6.31. The van der Waals surface area contributed by atoms with E-state index in [9.17, 15) is 14.4 Å². The molecule has 23 heavy (non-hydrogen) atoms. The molecule has 1 heterocycles. The second-order valence-corrected chi connectivity index (χ2v) is 5.77. The van der Waals surface area contributed by atoms with Crippen molar-refractivity contribution >= 4 is 34.3 Å². The summed E-state index contributed by atoms with van der Waals surface area (Å²) in [5.74, 6) is -0.738. The van der Waals surface area contributed by atoms with Crippen LogP contribution < -0.4 is 16.2 Å². The number of nitrogens with one attached hydrogen (secondary N) is 2. The molecule has 2 rings (SSSR count). The predicted octanol–water partition coefficient (Wildman–Crippen LogP) is 0.691. The third-order valence-electron chi connectivity index (χ3n) is 3.00. The van der Waals surface area contributed by atoms with E-state index in [1.54, 1.807) is 12.1 Å². The normalized spacial score (nSPS) is 10.8. The molecule has 0 spiro atoms. The van der Waals surface area contributed by atoms with Gasteiger partial charge in [-0.25, -0.2) is 4.98 Å². The molecular formula is C15H17ClN4O3. The monoisotopic (exact) mass is 336 g/mol. The van der Waals surface area contributed by atoms with Gasteiger partial charge in [0, 0.05) is 11.1 Å². The number of rotatable bonds is 5. The quantitative estimate of drug-likeness (QED) is 0.840. The van der Waals surface area contributed by atoms with E-state index in [-0.39, 0.29) is 30.6 Å². The fourth-order valence-corrected chi connectivity index (χ4v) is 2.18. The van der Waals surface area contributed by atoms with Crippen LogP contribution in [0.4, 0.5) is 0 Å². The number of amides is 2. The first-order valence-electron chi connectivity index (χ1n) is 7.07. The zero-order valence-corrected chi connectivity index (χ0v) is 13.6. The van der Waals surface area contributed by atoms with Crippen LogP contribution in [0.25, 0.3) is 10.9 Å². The maximum atomic E-state index is 12.3. The Morgan fingerprint density at radius 3 is 2.74 bits per heavy atom. The van der Waals surface area contributed by atoms with E-state index in [2.05, 4.69) is 15.6 Å². The molecule has 1 aromatic carbocycles. The average molecular weight is 337 g/mol. The van der Waals surface area contributed by atoms with Crippen molar-refractivity contribution in [1.29, 1.82) is 0 Å². The Hall–Kier alpha value is -2.41. The molecular weight excluding hydrogens is 320 g/mol. The van der Waals surface area contributed by atoms with Crippen LogP contribution in [-0.2, 0) is 16.1 Å². The van der Waals surface area contributed by atoms with Crippen molar-refractivity contribution in [2.45, 2.75) is 26.4 Å². The molecule has 7 nitrogen and oxygen atoms in total. The first-order valence-corrected chi connectivity index (χ1v) is 7.45. The number of hydrogen-bond acceptors (Lipinski definition) is 4. The number of hydrogen-bond donors (Lipinski definition) is 2. The van der Waals surface area contributed by atoms with Gasteiger partial charge in [-0.1, -0.05) is 11.6 Å². The SMILES string of the molecule is CC(C)NC(=O)CNC(=O)Cn1cnc2ccc(Cl)cc2c1=O. The van der Waals surface area contributed by atoms with Crippen molar-refractivity contribution in [1.82, 2.24) is 20.2 Å². The topological polar surface area (TPSA) is 93.1 Å². The molecule has 0 aliphatic rings. The maximum absolute atomic E-state index is 12.3. The van der Waals surface area contributed by atoms with E-state index in [1.165, 1.54) is 17.0 Å². The fourth-order valence-electron chi connectivity index (χ4n) is 2.01. The van der Waals surface area contributed by atoms with Crippen molar-refractivity contribution in [3.63, 3.8) is 0 Å². The Kier molecular flexibility index (Phi) is 5.33. The number of aromatic nitrogens is 2. The lowest BCUT2D eigenvalue weighted by Gasteiger charge is -2.10. The Morgan fingerprint density at radius 2 is 2.04 bits per heavy atom. The van der Waals surface area contributed by atoms with Gasteiger partial charge in [-0.3, -0.25) is 19.0 Å². The number of halogens is 1. The number of carbonyl (C=O) groups excluding carboxylic acids is 2. The van der Waals surface area contributed by atoms with E-state index < -0.39 is 5.91 Å². The van der Waals surface area contributed by atoms with Crippen LogP contribution in [0.2, 0.25) is 5.02 Å². The minimum Gasteiger partial charge on any atom is -0.352 e. The average Bonchev–Trinajstić information content (AvgIpc) is 2.48. The van der Waals surface area contributed by atoms with E-state index >= 15 is 0 Å². The fraction of sp³-hybridized carbons (Fsp3) is 0.333. The molecule has 8 heteroatoms. The predicted molar refractivity (Wildman–Crippen MR) is 87.3 cm³/mol. The van der Waals surface area contributed by atoms with Crippen molar-refractivity contribution < 1.29 is 9.59 Å². The minimum absolute atomic E-state index is 0.00328. The molecule has 2 N–H and O–H groups in total. The molecule has 0 radical (unpaired) electrons. The van der Waals surface area contributed by atoms with E-state index in [4.69, 9.17) is 11.6 Å². The van der Waals surface area contributed by atoms with Gasteiger partial charge in [0.2, 0.25) is 11.8 Å². The third-order valence-corrected chi connectivity index (χ3v) is 3.23. The molecule has 0 saturated heterocycles. The summed E-state index contributed by atoms with van der Waals surface area (Å²) in [6, 6.07) is 4.79. The lowest BCUT2D eigenvalue weighted by atomic mass is 10.2. The van der Waals surface area contributed by atoms with E-state index in [1.807, 2.05) is 13.8 Å². The molecule has 122 valence electrons. The highest BCUT2D eigenvalue weighted by atomic mass is 35.5. The van der Waals surface area contributed by atoms with Gasteiger partial charge in [0.05, 0.1) is 23.8 Å². The van der Waals surface area contributed by atoms with E-state index in [0.717, 1.165) is 0 Å². The molecule has 0 bridgehead atoms. The number of carbonyl (C=O) groups is 2. The summed E-state index contributed by atoms with van der Waals surface area (Å²) in [6.07, 6.45) is 1.30. The van der Waals surface area contributed by atoms with Crippen molar-refractivity contribution in [2.75, 3.05) is 6.54 Å². The first kappa shape index (κ1) is 17.0. The molecule has 1 aromatic heterocycles. The molecule has 0 fully saturated rings. The Morgan fingerprint density at radius 1 is 1.30 bits per heavy atom. The summed E-state index contributed by atoms with van der Waals surface area (Å²) in [5, 5.41) is 5.87. The van der Waals surface area contributed by atoms with Crippen molar-refractivity contribution in [2.24, 2.45) is 0 Å². The third kappa shape index (κ3) is 4.53. The number of nitrogens with zero attached hydrogens (tertiary/aromatic N) is 2. The summed E-state index contributed by atoms with van der Waals surface area (Å²) >= 11 is 5.88. The van der Waals surface area contributed by atoms with Crippen LogP contribution in [-0.4, -0.2) is 34.0 Å². The molecule has 2 aromatic rings. The van der Waals surface area contributed by atoms with Gasteiger partial charge < -0.3 is 10.6 Å². The van der Waals surface area contributed by atoms with Crippen LogP contribution in [0.15, 0.2) is 29.3 Å². The second-order valence-electron chi connectivity index (χ2n) is 5.34. The zero-order chi connectivity index (χ0) is 17.0. The molecule has 0 unspecified atom stereocenters. The van der Waals surface area contributed by atoms with Crippen LogP contribution in [0, 0.1) is 0 Å². The standard InChI is InChI=1S/C15H17ClN4O3/c1-9(2)19-13(21)6-17-14(22)7-20-8-18-12-4-3-10(16)5-11(12)15(20)23/h3-5,8-9H,6-7H2,1-2H3,(H,17,22)(H,19,21). The minimum atomic E-state index is -0.450. The van der Waals surface area contributed by atoms with Gasteiger partial charge in [0.25, 0.3) is 5.56 Å². The Balaban J connectivity index is 2.07. The lowest BCUT2D eigenvalue weighted by Crippen LogP contribution is -2.41. The van der Waals surface area contributed by atoms with Gasteiger partial charge in [-0.05, 0) is 32.0 Å². The van der Waals surface area contributed by atoms with Crippen LogP contribution in [0.3, 0.4) is 0 Å². The summed E-state index contributed by atoms with van der Waals surface area (Å²) in [7, 11) is 0. The molecule has 0 aliphatic carbocycles. The molecule has 0 atom stereocenters. The molecule has 0 aliphatic heterocycles. The highest BCUT2D eigenvalue weighted by Gasteiger charge is 2.10. The Bertz CT molecular complexity index is 801. The van der Waals surface area contributed by atoms with E-state index in [0.29, 0.717) is 15.9 Å². The summed E-state index contributed by atoms with van der Waals surface area (Å²) in [5.41, 5.74) is 0.145. The highest BCUT2D eigenvalue weighted by Crippen LogP contribution is 2.13. The van der Waals surface area contributed by atoms with Gasteiger partial charge in [-0.15, -0.1) is 0 Å². The largest absolute Gasteiger partial charge is 0.352 e. The van der Waals surface area contributed by atoms with Crippen LogP contribution in [0.5, 0.6) is 0 Å². The van der Waals surface area contributed by atoms with Gasteiger partial charge in [0.1, 0.15) is 6.54 Å². The zero-order valence-electron chi connectivity index (χ0n) is 12.8. The van der Waals surface area contributed by atoms with Gasteiger partial charge in [-0.2, -0.15) is 0 Å². The first-order chi connectivity index (χ1) is 10.9. The van der Waals surface area contributed by atoms with Crippen molar-refractivity contribution in [3.8, 4) is 0 Å².